The van der Waals surface area contributed by atoms with Crippen LogP contribution in [0.4, 0.5) is 5.69 Å². The molecule has 1 fully saturated rings. The Hall–Kier alpha value is -0.580. The van der Waals surface area contributed by atoms with Crippen molar-refractivity contribution in [1.82, 2.24) is 4.90 Å². The summed E-state index contributed by atoms with van der Waals surface area (Å²) in [6.45, 7) is 8.73. The van der Waals surface area contributed by atoms with E-state index in [2.05, 4.69) is 64.3 Å². The van der Waals surface area contributed by atoms with Crippen LogP contribution in [0, 0.1) is 5.92 Å². The Labute approximate surface area is 131 Å². The molecule has 1 saturated heterocycles. The highest BCUT2D eigenvalue weighted by atomic mass is 79.9. The van der Waals surface area contributed by atoms with Gasteiger partial charge in [-0.15, -0.1) is 0 Å². The lowest BCUT2D eigenvalue weighted by Gasteiger charge is -2.43. The molecule has 0 radical (unpaired) electrons. The summed E-state index contributed by atoms with van der Waals surface area (Å²) in [4.78, 5) is 2.56. The van der Waals surface area contributed by atoms with Crippen LogP contribution in [0.25, 0.3) is 0 Å². The Morgan fingerprint density at radius 3 is 2.35 bits per heavy atom. The third-order valence-corrected chi connectivity index (χ3v) is 4.61. The second-order valence-electron chi connectivity index (χ2n) is 6.31. The average Bonchev–Trinajstić information content (AvgIpc) is 2.43. The second-order valence-corrected chi connectivity index (χ2v) is 7.23. The number of piperidine rings is 1. The van der Waals surface area contributed by atoms with Gasteiger partial charge in [0.05, 0.1) is 5.54 Å². The van der Waals surface area contributed by atoms with Crippen molar-refractivity contribution in [2.75, 3.05) is 31.5 Å². The Bertz CT molecular complexity index is 408. The lowest BCUT2D eigenvalue weighted by molar-refractivity contribution is 0.161. The van der Waals surface area contributed by atoms with Crippen LogP contribution in [0.15, 0.2) is 28.7 Å². The first-order valence-electron chi connectivity index (χ1n) is 7.49. The van der Waals surface area contributed by atoms with Crippen molar-refractivity contribution in [1.29, 1.82) is 0 Å². The maximum Gasteiger partial charge on any atom is 0.0520 e. The van der Waals surface area contributed by atoms with Gasteiger partial charge in [-0.2, -0.15) is 0 Å². The molecule has 4 heteroatoms. The first-order chi connectivity index (χ1) is 9.53. The Morgan fingerprint density at radius 2 is 1.85 bits per heavy atom. The number of benzene rings is 1. The zero-order valence-electron chi connectivity index (χ0n) is 12.5. The molecule has 2 rings (SSSR count). The molecule has 1 heterocycles. The highest BCUT2D eigenvalue weighted by molar-refractivity contribution is 9.10. The van der Waals surface area contributed by atoms with Crippen LogP contribution in [-0.4, -0.2) is 36.6 Å². The Morgan fingerprint density at radius 1 is 1.25 bits per heavy atom. The molecule has 1 aliphatic rings. The van der Waals surface area contributed by atoms with Gasteiger partial charge in [-0.05, 0) is 43.0 Å². The summed E-state index contributed by atoms with van der Waals surface area (Å²) in [7, 11) is 0. The van der Waals surface area contributed by atoms with E-state index >= 15 is 0 Å². The first kappa shape index (κ1) is 15.8. The standard InChI is InChI=1S/C16H26BrN3/c1-13(2)11-20-9-7-16(12-18,8-10-20)19-15-5-3-14(17)4-6-15/h3-6,13,19H,7-12,18H2,1-2H3. The minimum Gasteiger partial charge on any atom is -0.378 e. The van der Waals surface area contributed by atoms with Gasteiger partial charge in [-0.3, -0.25) is 0 Å². The number of likely N-dealkylation sites (tertiary alicyclic amines) is 1. The van der Waals surface area contributed by atoms with E-state index in [9.17, 15) is 0 Å². The van der Waals surface area contributed by atoms with Gasteiger partial charge in [0.1, 0.15) is 0 Å². The van der Waals surface area contributed by atoms with E-state index in [1.807, 2.05) is 0 Å². The SMILES string of the molecule is CC(C)CN1CCC(CN)(Nc2ccc(Br)cc2)CC1. The van der Waals surface area contributed by atoms with Crippen LogP contribution in [-0.2, 0) is 0 Å². The molecule has 0 atom stereocenters. The van der Waals surface area contributed by atoms with Gasteiger partial charge in [0.15, 0.2) is 0 Å². The summed E-state index contributed by atoms with van der Waals surface area (Å²) in [6, 6.07) is 8.37. The molecule has 0 aromatic heterocycles. The molecule has 0 saturated carbocycles. The van der Waals surface area contributed by atoms with Crippen LogP contribution in [0.3, 0.4) is 0 Å². The van der Waals surface area contributed by atoms with Gasteiger partial charge in [0.25, 0.3) is 0 Å². The van der Waals surface area contributed by atoms with Gasteiger partial charge in [0.2, 0.25) is 0 Å². The predicted octanol–water partition coefficient (Wildman–Crippen LogP) is 3.31. The quantitative estimate of drug-likeness (QED) is 0.864. The van der Waals surface area contributed by atoms with E-state index in [1.54, 1.807) is 0 Å². The van der Waals surface area contributed by atoms with Crippen LogP contribution in [0.5, 0.6) is 0 Å². The molecule has 1 aromatic rings. The Balaban J connectivity index is 1.96. The van der Waals surface area contributed by atoms with Crippen molar-refractivity contribution < 1.29 is 0 Å². The molecular weight excluding hydrogens is 314 g/mol. The lowest BCUT2D eigenvalue weighted by Crippen LogP contribution is -2.54. The number of anilines is 1. The van der Waals surface area contributed by atoms with Crippen LogP contribution < -0.4 is 11.1 Å². The Kier molecular flexibility index (Phi) is 5.47. The summed E-state index contributed by atoms with van der Waals surface area (Å²) in [5, 5.41) is 3.67. The molecule has 1 aliphatic heterocycles. The molecule has 3 nitrogen and oxygen atoms in total. The molecule has 112 valence electrons. The lowest BCUT2D eigenvalue weighted by atomic mass is 9.87. The van der Waals surface area contributed by atoms with E-state index in [-0.39, 0.29) is 5.54 Å². The molecular formula is C16H26BrN3. The monoisotopic (exact) mass is 339 g/mol. The van der Waals surface area contributed by atoms with Gasteiger partial charge in [0, 0.05) is 36.3 Å². The third-order valence-electron chi connectivity index (χ3n) is 4.08. The number of halogens is 1. The molecule has 0 amide bonds. The molecule has 1 aromatic carbocycles. The van der Waals surface area contributed by atoms with Crippen molar-refractivity contribution in [3.63, 3.8) is 0 Å². The van der Waals surface area contributed by atoms with E-state index in [4.69, 9.17) is 5.73 Å². The maximum atomic E-state index is 6.07. The van der Waals surface area contributed by atoms with E-state index in [0.29, 0.717) is 6.54 Å². The molecule has 0 bridgehead atoms. The van der Waals surface area contributed by atoms with Crippen LogP contribution >= 0.6 is 15.9 Å². The van der Waals surface area contributed by atoms with E-state index in [1.165, 1.54) is 6.54 Å². The number of nitrogens with two attached hydrogens (primary N) is 1. The second kappa shape index (κ2) is 6.92. The maximum absolute atomic E-state index is 6.07. The summed E-state index contributed by atoms with van der Waals surface area (Å²) in [6.07, 6.45) is 2.23. The molecule has 0 unspecified atom stereocenters. The van der Waals surface area contributed by atoms with E-state index < -0.39 is 0 Å². The number of nitrogens with one attached hydrogen (secondary N) is 1. The van der Waals surface area contributed by atoms with Gasteiger partial charge in [-0.25, -0.2) is 0 Å². The summed E-state index contributed by atoms with van der Waals surface area (Å²) in [5.74, 6) is 0.736. The highest BCUT2D eigenvalue weighted by Crippen LogP contribution is 2.27. The third kappa shape index (κ3) is 4.21. The minimum absolute atomic E-state index is 0.0569. The highest BCUT2D eigenvalue weighted by Gasteiger charge is 2.33. The smallest absolute Gasteiger partial charge is 0.0520 e. The normalized spacial score (nSPS) is 19.2. The zero-order valence-corrected chi connectivity index (χ0v) is 14.1. The van der Waals surface area contributed by atoms with Crippen molar-refractivity contribution in [3.8, 4) is 0 Å². The zero-order chi connectivity index (χ0) is 14.6. The largest absolute Gasteiger partial charge is 0.378 e. The number of rotatable bonds is 5. The number of hydrogen-bond donors (Lipinski definition) is 2. The fourth-order valence-electron chi connectivity index (χ4n) is 2.90. The number of nitrogens with zero attached hydrogens (tertiary/aromatic N) is 1. The van der Waals surface area contributed by atoms with Gasteiger partial charge >= 0.3 is 0 Å². The fraction of sp³-hybridized carbons (Fsp3) is 0.625. The van der Waals surface area contributed by atoms with Gasteiger partial charge < -0.3 is 16.0 Å². The molecule has 0 spiro atoms. The fourth-order valence-corrected chi connectivity index (χ4v) is 3.16. The van der Waals surface area contributed by atoms with Crippen molar-refractivity contribution in [2.24, 2.45) is 11.7 Å². The van der Waals surface area contributed by atoms with Crippen LogP contribution in [0.1, 0.15) is 26.7 Å². The van der Waals surface area contributed by atoms with Crippen LogP contribution in [0.2, 0.25) is 0 Å². The first-order valence-corrected chi connectivity index (χ1v) is 8.28. The van der Waals surface area contributed by atoms with Crippen molar-refractivity contribution in [2.45, 2.75) is 32.2 Å². The van der Waals surface area contributed by atoms with E-state index in [0.717, 1.165) is 42.0 Å². The molecule has 3 N–H and O–H groups in total. The number of hydrogen-bond acceptors (Lipinski definition) is 3. The molecule has 0 aliphatic carbocycles. The topological polar surface area (TPSA) is 41.3 Å². The summed E-state index contributed by atoms with van der Waals surface area (Å²) < 4.78 is 1.11. The summed E-state index contributed by atoms with van der Waals surface area (Å²) in [5.41, 5.74) is 7.29. The van der Waals surface area contributed by atoms with Gasteiger partial charge in [-0.1, -0.05) is 29.8 Å². The van der Waals surface area contributed by atoms with Crippen molar-refractivity contribution in [3.05, 3.63) is 28.7 Å². The minimum atomic E-state index is 0.0569. The van der Waals surface area contributed by atoms with Crippen molar-refractivity contribution >= 4 is 21.6 Å². The summed E-state index contributed by atoms with van der Waals surface area (Å²) >= 11 is 3.47. The average molecular weight is 340 g/mol. The molecule has 20 heavy (non-hydrogen) atoms. The predicted molar refractivity (Wildman–Crippen MR) is 90.1 cm³/mol.